The maximum absolute atomic E-state index is 9.99. The minimum atomic E-state index is -3.20. The van der Waals surface area contributed by atoms with Gasteiger partial charge < -0.3 is 19.8 Å². The number of aliphatic carboxylic acids is 1. The standard InChI is InChI=1S/C6H13NO2.H4O5P2/c1-3-7(2)5-4-6(8)9;1-6(2)5-7(3)4/h3-5H2,1-2H3,(H,8,9);6-7H,(H,1,2)(H,3,4). The van der Waals surface area contributed by atoms with E-state index < -0.39 is 22.5 Å². The second-order valence-electron chi connectivity index (χ2n) is 2.67. The average Bonchev–Trinajstić information content (AvgIpc) is 2.12. The Kier molecular flexibility index (Phi) is 12.8. The second-order valence-corrected chi connectivity index (χ2v) is 4.55. The van der Waals surface area contributed by atoms with Crippen LogP contribution in [-0.4, -0.2) is 45.9 Å². The van der Waals surface area contributed by atoms with Crippen LogP contribution in [0.2, 0.25) is 0 Å². The van der Waals surface area contributed by atoms with Crippen molar-refractivity contribution in [3.05, 3.63) is 0 Å². The molecule has 0 aromatic rings. The van der Waals surface area contributed by atoms with Gasteiger partial charge in [0.2, 0.25) is 0 Å². The molecule has 0 aliphatic rings. The van der Waals surface area contributed by atoms with Crippen LogP contribution < -0.4 is 0 Å². The van der Waals surface area contributed by atoms with E-state index in [2.05, 4.69) is 4.31 Å². The normalized spacial score (nSPS) is 13.8. The van der Waals surface area contributed by atoms with Gasteiger partial charge >= 0.3 is 22.5 Å². The van der Waals surface area contributed by atoms with E-state index in [1.165, 1.54) is 0 Å². The summed E-state index contributed by atoms with van der Waals surface area (Å²) < 4.78 is 22.3. The summed E-state index contributed by atoms with van der Waals surface area (Å²) in [5.74, 6) is -0.727. The molecule has 2 unspecified atom stereocenters. The van der Waals surface area contributed by atoms with Crippen LogP contribution in [0.3, 0.4) is 0 Å². The SMILES string of the molecule is CCN(C)CCC(=O)O.O=[PH](O)O[PH](=O)O. The number of hydrogen-bond donors (Lipinski definition) is 3. The molecule has 10 heteroatoms. The van der Waals surface area contributed by atoms with Crippen LogP contribution in [0.4, 0.5) is 0 Å². The quantitative estimate of drug-likeness (QED) is 0.587. The van der Waals surface area contributed by atoms with Crippen LogP contribution >= 0.6 is 16.5 Å². The topological polar surface area (TPSA) is 124 Å². The molecule has 0 aromatic carbocycles. The average molecular weight is 277 g/mol. The van der Waals surface area contributed by atoms with E-state index in [4.69, 9.17) is 14.9 Å². The summed E-state index contributed by atoms with van der Waals surface area (Å²) in [5, 5.41) is 8.23. The first-order valence-electron chi connectivity index (χ1n) is 4.33. The van der Waals surface area contributed by atoms with Crippen molar-refractivity contribution in [2.24, 2.45) is 0 Å². The van der Waals surface area contributed by atoms with Crippen LogP contribution in [0, 0.1) is 0 Å². The Hall–Kier alpha value is -0.230. The van der Waals surface area contributed by atoms with Crippen LogP contribution in [0.25, 0.3) is 0 Å². The smallest absolute Gasteiger partial charge is 0.323 e. The van der Waals surface area contributed by atoms with Crippen LogP contribution in [0.5, 0.6) is 0 Å². The Labute approximate surface area is 94.7 Å². The van der Waals surface area contributed by atoms with E-state index in [0.717, 1.165) is 6.54 Å². The number of carboxylic acid groups (broad SMARTS) is 1. The summed E-state index contributed by atoms with van der Waals surface area (Å²) in [6.45, 7) is 3.56. The highest BCUT2D eigenvalue weighted by molar-refractivity contribution is 7.46. The van der Waals surface area contributed by atoms with Gasteiger partial charge in [0, 0.05) is 6.54 Å². The third-order valence-corrected chi connectivity index (χ3v) is 2.82. The first kappa shape index (κ1) is 18.1. The first-order valence-corrected chi connectivity index (χ1v) is 6.86. The summed E-state index contributed by atoms with van der Waals surface area (Å²) >= 11 is 0. The predicted molar refractivity (Wildman–Crippen MR) is 58.9 cm³/mol. The molecular formula is C6H17NO7P2. The van der Waals surface area contributed by atoms with E-state index in [1.807, 2.05) is 18.9 Å². The molecule has 98 valence electrons. The lowest BCUT2D eigenvalue weighted by Crippen LogP contribution is -2.20. The maximum atomic E-state index is 9.99. The van der Waals surface area contributed by atoms with E-state index in [0.29, 0.717) is 6.54 Å². The predicted octanol–water partition coefficient (Wildman–Crippen LogP) is 0.180. The Balaban J connectivity index is 0. The molecule has 0 aromatic heterocycles. The van der Waals surface area contributed by atoms with Gasteiger partial charge in [-0.2, -0.15) is 0 Å². The van der Waals surface area contributed by atoms with Crippen molar-refractivity contribution >= 4 is 22.5 Å². The highest BCUT2D eigenvalue weighted by Crippen LogP contribution is 2.30. The minimum Gasteiger partial charge on any atom is -0.481 e. The fourth-order valence-electron chi connectivity index (χ4n) is 0.519. The van der Waals surface area contributed by atoms with E-state index in [1.54, 1.807) is 0 Å². The zero-order valence-electron chi connectivity index (χ0n) is 9.04. The second kappa shape index (κ2) is 11.3. The first-order chi connectivity index (χ1) is 7.29. The van der Waals surface area contributed by atoms with Crippen molar-refractivity contribution in [1.29, 1.82) is 0 Å². The van der Waals surface area contributed by atoms with Gasteiger partial charge in [-0.25, -0.2) is 4.31 Å². The van der Waals surface area contributed by atoms with Gasteiger partial charge in [-0.1, -0.05) is 6.92 Å². The van der Waals surface area contributed by atoms with Crippen molar-refractivity contribution < 1.29 is 33.1 Å². The Morgan fingerprint density at radius 1 is 1.31 bits per heavy atom. The highest BCUT2D eigenvalue weighted by Gasteiger charge is 1.98. The third kappa shape index (κ3) is 19.4. The van der Waals surface area contributed by atoms with E-state index in [9.17, 15) is 13.9 Å². The van der Waals surface area contributed by atoms with Crippen molar-refractivity contribution in [2.75, 3.05) is 20.1 Å². The third-order valence-electron chi connectivity index (χ3n) is 1.42. The molecule has 0 saturated heterocycles. The molecule has 0 fully saturated rings. The van der Waals surface area contributed by atoms with Gasteiger partial charge in [0.25, 0.3) is 0 Å². The molecule has 0 aliphatic carbocycles. The fourth-order valence-corrected chi connectivity index (χ4v) is 1.12. The molecular weight excluding hydrogens is 260 g/mol. The zero-order chi connectivity index (χ0) is 13.1. The van der Waals surface area contributed by atoms with E-state index in [-0.39, 0.29) is 6.42 Å². The number of carboxylic acids is 1. The molecule has 0 spiro atoms. The van der Waals surface area contributed by atoms with Gasteiger partial charge in [0.1, 0.15) is 0 Å². The molecule has 0 aliphatic heterocycles. The highest BCUT2D eigenvalue weighted by atomic mass is 31.2. The lowest BCUT2D eigenvalue weighted by atomic mass is 10.4. The Morgan fingerprint density at radius 2 is 1.75 bits per heavy atom. The largest absolute Gasteiger partial charge is 0.481 e. The molecule has 16 heavy (non-hydrogen) atoms. The van der Waals surface area contributed by atoms with Crippen molar-refractivity contribution in [1.82, 2.24) is 4.90 Å². The number of carbonyl (C=O) groups is 1. The van der Waals surface area contributed by atoms with E-state index >= 15 is 0 Å². The van der Waals surface area contributed by atoms with Crippen LogP contribution in [-0.2, 0) is 18.2 Å². The van der Waals surface area contributed by atoms with Crippen molar-refractivity contribution in [3.8, 4) is 0 Å². The molecule has 0 saturated carbocycles. The molecule has 2 atom stereocenters. The molecule has 0 rings (SSSR count). The summed E-state index contributed by atoms with van der Waals surface area (Å²) in [5.41, 5.74) is 0. The maximum Gasteiger partial charge on any atom is 0.323 e. The van der Waals surface area contributed by atoms with Gasteiger partial charge in [0.05, 0.1) is 6.42 Å². The molecule has 8 nitrogen and oxygen atoms in total. The molecule has 0 radical (unpaired) electrons. The molecule has 0 bridgehead atoms. The van der Waals surface area contributed by atoms with Gasteiger partial charge in [-0.15, -0.1) is 0 Å². The fraction of sp³-hybridized carbons (Fsp3) is 0.833. The van der Waals surface area contributed by atoms with Gasteiger partial charge in [0.15, 0.2) is 0 Å². The van der Waals surface area contributed by atoms with Crippen molar-refractivity contribution in [3.63, 3.8) is 0 Å². The molecule has 0 heterocycles. The zero-order valence-corrected chi connectivity index (χ0v) is 11.0. The van der Waals surface area contributed by atoms with Crippen LogP contribution in [0.1, 0.15) is 13.3 Å². The monoisotopic (exact) mass is 277 g/mol. The Bertz CT molecular complexity index is 235. The summed E-state index contributed by atoms with van der Waals surface area (Å²) in [4.78, 5) is 27.4. The van der Waals surface area contributed by atoms with Gasteiger partial charge in [-0.3, -0.25) is 13.9 Å². The summed E-state index contributed by atoms with van der Waals surface area (Å²) in [6, 6.07) is 0. The lowest BCUT2D eigenvalue weighted by molar-refractivity contribution is -0.137. The summed E-state index contributed by atoms with van der Waals surface area (Å²) in [6.07, 6.45) is 0.240. The number of nitrogens with zero attached hydrogens (tertiary/aromatic N) is 1. The number of hydrogen-bond acceptors (Lipinski definition) is 5. The van der Waals surface area contributed by atoms with Crippen LogP contribution in [0.15, 0.2) is 0 Å². The molecule has 3 N–H and O–H groups in total. The number of rotatable bonds is 6. The minimum absolute atomic E-state index is 0.240. The lowest BCUT2D eigenvalue weighted by Gasteiger charge is -2.10. The van der Waals surface area contributed by atoms with Crippen molar-refractivity contribution in [2.45, 2.75) is 13.3 Å². The summed E-state index contributed by atoms with van der Waals surface area (Å²) in [7, 11) is -4.50. The van der Waals surface area contributed by atoms with Gasteiger partial charge in [-0.05, 0) is 13.6 Å². The molecule has 0 amide bonds. The Morgan fingerprint density at radius 3 is 1.94 bits per heavy atom.